The van der Waals surface area contributed by atoms with Crippen LogP contribution in [0.2, 0.25) is 0 Å². The average molecular weight is 417 g/mol. The Balaban J connectivity index is 1.06. The number of hydrogen-bond acceptors (Lipinski definition) is 3. The molecule has 0 saturated heterocycles. The number of nitrogens with zero attached hydrogens (tertiary/aromatic N) is 1. The lowest BCUT2D eigenvalue weighted by Gasteiger charge is -2.56. The highest BCUT2D eigenvalue weighted by Gasteiger charge is 2.50. The zero-order valence-electron chi connectivity index (χ0n) is 18.2. The van der Waals surface area contributed by atoms with Crippen molar-refractivity contribution >= 4 is 11.8 Å². The molecule has 1 N–H and O–H groups in total. The van der Waals surface area contributed by atoms with Gasteiger partial charge in [0.1, 0.15) is 5.75 Å². The zero-order chi connectivity index (χ0) is 20.8. The molecule has 7 rings (SSSR count). The highest BCUT2D eigenvalue weighted by Crippen LogP contribution is 2.59. The van der Waals surface area contributed by atoms with Gasteiger partial charge in [-0.05, 0) is 97.4 Å². The predicted octanol–water partition coefficient (Wildman–Crippen LogP) is 5.55. The van der Waals surface area contributed by atoms with Crippen LogP contribution < -0.4 is 15.0 Å². The molecule has 0 atom stereocenters. The second-order valence-electron chi connectivity index (χ2n) is 10.6. The van der Waals surface area contributed by atoms with Crippen molar-refractivity contribution in [2.45, 2.75) is 51.5 Å². The summed E-state index contributed by atoms with van der Waals surface area (Å²) in [6.07, 6.45) is 8.89. The van der Waals surface area contributed by atoms with E-state index in [9.17, 15) is 4.79 Å². The van der Waals surface area contributed by atoms with E-state index in [1.807, 2.05) is 12.1 Å². The maximum atomic E-state index is 12.6. The number of rotatable bonds is 5. The molecule has 1 heterocycles. The van der Waals surface area contributed by atoms with E-state index in [1.165, 1.54) is 55.3 Å². The smallest absolute Gasteiger partial charge is 0.410 e. The first-order valence-corrected chi connectivity index (χ1v) is 12.0. The van der Waals surface area contributed by atoms with E-state index in [1.54, 1.807) is 0 Å². The van der Waals surface area contributed by atoms with Gasteiger partial charge < -0.3 is 15.0 Å². The van der Waals surface area contributed by atoms with E-state index in [0.717, 1.165) is 43.8 Å². The number of carbonyl (C=O) groups excluding carboxylic acids is 1. The van der Waals surface area contributed by atoms with Gasteiger partial charge in [-0.2, -0.15) is 0 Å². The molecule has 4 heteroatoms. The summed E-state index contributed by atoms with van der Waals surface area (Å²) in [4.78, 5) is 15.0. The van der Waals surface area contributed by atoms with Crippen LogP contribution in [0.4, 0.5) is 10.5 Å². The number of anilines is 1. The summed E-state index contributed by atoms with van der Waals surface area (Å²) < 4.78 is 5.69. The van der Waals surface area contributed by atoms with Gasteiger partial charge >= 0.3 is 6.09 Å². The second kappa shape index (κ2) is 7.58. The summed E-state index contributed by atoms with van der Waals surface area (Å²) in [6, 6.07) is 16.7. The standard InChI is InChI=1S/C27H32N2O2/c30-26(28-18-27-14-20-10-21(15-27)12-22(11-20)16-27)31-24-6-7-25-23(13-24)8-9-29(25)17-19-4-2-1-3-5-19/h1-7,13,20-22H,8-12,14-18H2,(H,28,30). The van der Waals surface area contributed by atoms with Crippen molar-refractivity contribution in [2.24, 2.45) is 23.2 Å². The molecule has 0 unspecified atom stereocenters. The number of benzene rings is 2. The third-order valence-corrected chi connectivity index (χ3v) is 8.24. The van der Waals surface area contributed by atoms with Crippen LogP contribution in [0.15, 0.2) is 48.5 Å². The fourth-order valence-electron chi connectivity index (χ4n) is 7.39. The number of carbonyl (C=O) groups is 1. The Hall–Kier alpha value is -2.49. The van der Waals surface area contributed by atoms with Crippen molar-refractivity contribution in [1.29, 1.82) is 0 Å². The van der Waals surface area contributed by atoms with Gasteiger partial charge in [0.05, 0.1) is 0 Å². The van der Waals surface area contributed by atoms with Crippen molar-refractivity contribution in [2.75, 3.05) is 18.0 Å². The topological polar surface area (TPSA) is 41.6 Å². The first-order chi connectivity index (χ1) is 15.1. The van der Waals surface area contributed by atoms with Crippen molar-refractivity contribution in [1.82, 2.24) is 5.32 Å². The van der Waals surface area contributed by atoms with Crippen LogP contribution in [0.25, 0.3) is 0 Å². The predicted molar refractivity (Wildman–Crippen MR) is 122 cm³/mol. The molecule has 0 radical (unpaired) electrons. The minimum absolute atomic E-state index is 0.296. The molecule has 1 aliphatic heterocycles. The molecule has 4 aliphatic carbocycles. The van der Waals surface area contributed by atoms with Gasteiger partial charge in [-0.15, -0.1) is 0 Å². The van der Waals surface area contributed by atoms with E-state index in [4.69, 9.17) is 4.74 Å². The number of hydrogen-bond donors (Lipinski definition) is 1. The maximum absolute atomic E-state index is 12.6. The number of amides is 1. The molecule has 2 aromatic carbocycles. The fourth-order valence-corrected chi connectivity index (χ4v) is 7.39. The monoisotopic (exact) mass is 416 g/mol. The second-order valence-corrected chi connectivity index (χ2v) is 10.6. The number of nitrogens with one attached hydrogen (secondary N) is 1. The van der Waals surface area contributed by atoms with Gasteiger partial charge in [0.25, 0.3) is 0 Å². The lowest BCUT2D eigenvalue weighted by atomic mass is 9.49. The zero-order valence-corrected chi connectivity index (χ0v) is 18.2. The molecular formula is C27H32N2O2. The Morgan fingerprint density at radius 1 is 1.00 bits per heavy atom. The minimum atomic E-state index is -0.296. The molecule has 4 nitrogen and oxygen atoms in total. The third-order valence-electron chi connectivity index (χ3n) is 8.24. The highest BCUT2D eigenvalue weighted by atomic mass is 16.6. The number of fused-ring (bicyclic) bond motifs is 1. The van der Waals surface area contributed by atoms with E-state index in [2.05, 4.69) is 46.6 Å². The van der Waals surface area contributed by atoms with Crippen LogP contribution in [-0.2, 0) is 13.0 Å². The van der Waals surface area contributed by atoms with Crippen molar-refractivity contribution in [3.05, 3.63) is 59.7 Å². The Kier molecular flexibility index (Phi) is 4.70. The van der Waals surface area contributed by atoms with Gasteiger partial charge in [-0.25, -0.2) is 4.79 Å². The lowest BCUT2D eigenvalue weighted by molar-refractivity contribution is -0.0503. The first kappa shape index (κ1) is 19.2. The largest absolute Gasteiger partial charge is 0.412 e. The summed E-state index contributed by atoms with van der Waals surface area (Å²) in [6.45, 7) is 2.70. The summed E-state index contributed by atoms with van der Waals surface area (Å²) in [7, 11) is 0. The fraction of sp³-hybridized carbons (Fsp3) is 0.519. The number of ether oxygens (including phenoxy) is 1. The Morgan fingerprint density at radius 2 is 1.71 bits per heavy atom. The van der Waals surface area contributed by atoms with E-state index in [-0.39, 0.29) is 6.09 Å². The van der Waals surface area contributed by atoms with Crippen LogP contribution in [0.5, 0.6) is 5.75 Å². The SMILES string of the molecule is O=C(NCC12CC3CC(CC(C3)C1)C2)Oc1ccc2c(c1)CCN2Cc1ccccc1. The van der Waals surface area contributed by atoms with E-state index >= 15 is 0 Å². The van der Waals surface area contributed by atoms with Gasteiger partial charge in [-0.3, -0.25) is 0 Å². The van der Waals surface area contributed by atoms with E-state index in [0.29, 0.717) is 11.2 Å². The summed E-state index contributed by atoms with van der Waals surface area (Å²) in [5, 5.41) is 3.13. The van der Waals surface area contributed by atoms with Crippen molar-refractivity contribution in [3.63, 3.8) is 0 Å². The summed E-state index contributed by atoms with van der Waals surface area (Å²) in [5.41, 5.74) is 4.18. The Labute approximate surface area is 185 Å². The molecule has 0 aromatic heterocycles. The minimum Gasteiger partial charge on any atom is -0.410 e. The van der Waals surface area contributed by atoms with Crippen LogP contribution >= 0.6 is 0 Å². The quantitative estimate of drug-likeness (QED) is 0.694. The lowest BCUT2D eigenvalue weighted by Crippen LogP contribution is -2.51. The van der Waals surface area contributed by atoms with Crippen LogP contribution in [-0.4, -0.2) is 19.2 Å². The Morgan fingerprint density at radius 3 is 2.42 bits per heavy atom. The molecule has 4 bridgehead atoms. The van der Waals surface area contributed by atoms with E-state index < -0.39 is 0 Å². The average Bonchev–Trinajstić information content (AvgIpc) is 3.14. The summed E-state index contributed by atoms with van der Waals surface area (Å²) >= 11 is 0. The Bertz CT molecular complexity index is 935. The van der Waals surface area contributed by atoms with Crippen LogP contribution in [0, 0.1) is 23.2 Å². The molecule has 31 heavy (non-hydrogen) atoms. The first-order valence-electron chi connectivity index (χ1n) is 12.0. The van der Waals surface area contributed by atoms with Crippen molar-refractivity contribution in [3.8, 4) is 5.75 Å². The third kappa shape index (κ3) is 3.81. The van der Waals surface area contributed by atoms with Gasteiger partial charge in [-0.1, -0.05) is 30.3 Å². The van der Waals surface area contributed by atoms with Crippen LogP contribution in [0.3, 0.4) is 0 Å². The molecule has 4 saturated carbocycles. The molecule has 5 aliphatic rings. The van der Waals surface area contributed by atoms with Gasteiger partial charge in [0.2, 0.25) is 0 Å². The normalized spacial score (nSPS) is 30.3. The molecular weight excluding hydrogens is 384 g/mol. The molecule has 1 amide bonds. The molecule has 0 spiro atoms. The van der Waals surface area contributed by atoms with Gasteiger partial charge in [0.15, 0.2) is 0 Å². The maximum Gasteiger partial charge on any atom is 0.412 e. The van der Waals surface area contributed by atoms with Crippen molar-refractivity contribution < 1.29 is 9.53 Å². The summed E-state index contributed by atoms with van der Waals surface area (Å²) in [5.74, 6) is 3.36. The molecule has 162 valence electrons. The molecule has 2 aromatic rings. The molecule has 4 fully saturated rings. The van der Waals surface area contributed by atoms with Gasteiger partial charge in [0, 0.05) is 25.3 Å². The highest BCUT2D eigenvalue weighted by molar-refractivity contribution is 5.71. The van der Waals surface area contributed by atoms with Crippen LogP contribution in [0.1, 0.15) is 49.7 Å².